The van der Waals surface area contributed by atoms with E-state index in [1.807, 2.05) is 20.8 Å². The van der Waals surface area contributed by atoms with E-state index in [-0.39, 0.29) is 11.4 Å². The molecule has 0 spiro atoms. The molecule has 1 N–H and O–H groups in total. The molecule has 0 aliphatic heterocycles. The molecule has 0 saturated carbocycles. The Morgan fingerprint density at radius 3 is 2.53 bits per heavy atom. The van der Waals surface area contributed by atoms with Crippen LogP contribution in [0.2, 0.25) is 0 Å². The zero-order chi connectivity index (χ0) is 13.1. The largest absolute Gasteiger partial charge is 0.347 e. The summed E-state index contributed by atoms with van der Waals surface area (Å²) in [4.78, 5) is 25.8. The van der Waals surface area contributed by atoms with E-state index in [2.05, 4.69) is 10.3 Å². The molecule has 0 radical (unpaired) electrons. The fourth-order valence-electron chi connectivity index (χ4n) is 1.45. The molecule has 4 heteroatoms. The quantitative estimate of drug-likeness (QED) is 0.629. The van der Waals surface area contributed by atoms with Gasteiger partial charge in [0, 0.05) is 11.1 Å². The van der Waals surface area contributed by atoms with Gasteiger partial charge >= 0.3 is 0 Å². The van der Waals surface area contributed by atoms with Crippen LogP contribution < -0.4 is 5.32 Å². The molecule has 1 aromatic carbocycles. The molecule has 0 aliphatic carbocycles. The smallest absolute Gasteiger partial charge is 0.252 e. The summed E-state index contributed by atoms with van der Waals surface area (Å²) in [6.45, 7) is 7.49. The number of isocyanates is 1. The van der Waals surface area contributed by atoms with E-state index < -0.39 is 0 Å². The maximum Gasteiger partial charge on any atom is 0.252 e. The lowest BCUT2D eigenvalue weighted by molar-refractivity contribution is 0.0919. The lowest BCUT2D eigenvalue weighted by Crippen LogP contribution is -2.40. The molecule has 1 aromatic rings. The van der Waals surface area contributed by atoms with E-state index in [1.54, 1.807) is 25.1 Å². The van der Waals surface area contributed by atoms with E-state index in [1.165, 1.54) is 6.08 Å². The summed E-state index contributed by atoms with van der Waals surface area (Å²) >= 11 is 0. The van der Waals surface area contributed by atoms with Gasteiger partial charge in [0.15, 0.2) is 0 Å². The van der Waals surface area contributed by atoms with Crippen LogP contribution in [0.25, 0.3) is 0 Å². The molecule has 1 amide bonds. The maximum absolute atomic E-state index is 12.0. The fraction of sp³-hybridized carbons (Fsp3) is 0.385. The molecule has 0 aliphatic rings. The van der Waals surface area contributed by atoms with Gasteiger partial charge in [0.1, 0.15) is 0 Å². The second-order valence-corrected chi connectivity index (χ2v) is 4.86. The molecule has 90 valence electrons. The van der Waals surface area contributed by atoms with Crippen molar-refractivity contribution in [2.75, 3.05) is 0 Å². The SMILES string of the molecule is Cc1c(N=C=O)cccc1C(=O)NC(C)(C)C. The molecular weight excluding hydrogens is 216 g/mol. The monoisotopic (exact) mass is 232 g/mol. The first-order valence-electron chi connectivity index (χ1n) is 5.35. The zero-order valence-electron chi connectivity index (χ0n) is 10.5. The summed E-state index contributed by atoms with van der Waals surface area (Å²) < 4.78 is 0. The van der Waals surface area contributed by atoms with Crippen LogP contribution in [0, 0.1) is 6.92 Å². The van der Waals surface area contributed by atoms with Gasteiger partial charge in [-0.05, 0) is 45.4 Å². The number of hydrogen-bond acceptors (Lipinski definition) is 3. The lowest BCUT2D eigenvalue weighted by atomic mass is 10.0. The molecule has 0 aromatic heterocycles. The fourth-order valence-corrected chi connectivity index (χ4v) is 1.45. The van der Waals surface area contributed by atoms with E-state index in [0.29, 0.717) is 16.8 Å². The van der Waals surface area contributed by atoms with Crippen LogP contribution in [0.3, 0.4) is 0 Å². The average molecular weight is 232 g/mol. The van der Waals surface area contributed by atoms with Crippen molar-refractivity contribution in [2.45, 2.75) is 33.2 Å². The van der Waals surface area contributed by atoms with Gasteiger partial charge < -0.3 is 5.32 Å². The van der Waals surface area contributed by atoms with Crippen molar-refractivity contribution < 1.29 is 9.59 Å². The average Bonchev–Trinajstić information content (AvgIpc) is 2.18. The summed E-state index contributed by atoms with van der Waals surface area (Å²) in [6.07, 6.45) is 1.48. The minimum absolute atomic E-state index is 0.169. The van der Waals surface area contributed by atoms with Gasteiger partial charge in [-0.25, -0.2) is 4.79 Å². The van der Waals surface area contributed by atoms with Crippen molar-refractivity contribution in [2.24, 2.45) is 4.99 Å². The predicted molar refractivity (Wildman–Crippen MR) is 66.2 cm³/mol. The molecule has 0 bridgehead atoms. The number of carbonyl (C=O) groups excluding carboxylic acids is 2. The van der Waals surface area contributed by atoms with Gasteiger partial charge in [-0.15, -0.1) is 0 Å². The van der Waals surface area contributed by atoms with Crippen molar-refractivity contribution in [3.63, 3.8) is 0 Å². The Labute approximate surface area is 101 Å². The van der Waals surface area contributed by atoms with Gasteiger partial charge in [0.2, 0.25) is 6.08 Å². The number of nitrogens with one attached hydrogen (secondary N) is 1. The first kappa shape index (κ1) is 13.1. The highest BCUT2D eigenvalue weighted by atomic mass is 16.1. The highest BCUT2D eigenvalue weighted by Crippen LogP contribution is 2.21. The third-order valence-electron chi connectivity index (χ3n) is 2.20. The summed E-state index contributed by atoms with van der Waals surface area (Å²) in [5, 5.41) is 2.87. The molecule has 0 unspecified atom stereocenters. The molecule has 0 heterocycles. The third-order valence-corrected chi connectivity index (χ3v) is 2.20. The number of hydrogen-bond donors (Lipinski definition) is 1. The molecule has 0 fully saturated rings. The van der Waals surface area contributed by atoms with Crippen LogP contribution in [0.15, 0.2) is 23.2 Å². The van der Waals surface area contributed by atoms with Crippen LogP contribution in [-0.4, -0.2) is 17.5 Å². The molecular formula is C13H16N2O2. The zero-order valence-corrected chi connectivity index (χ0v) is 10.5. The van der Waals surface area contributed by atoms with Crippen LogP contribution >= 0.6 is 0 Å². The Morgan fingerprint density at radius 1 is 1.35 bits per heavy atom. The minimum Gasteiger partial charge on any atom is -0.347 e. The van der Waals surface area contributed by atoms with Crippen molar-refractivity contribution in [3.05, 3.63) is 29.3 Å². The highest BCUT2D eigenvalue weighted by molar-refractivity contribution is 5.97. The number of rotatable bonds is 2. The highest BCUT2D eigenvalue weighted by Gasteiger charge is 2.17. The van der Waals surface area contributed by atoms with Gasteiger partial charge in [0.05, 0.1) is 5.69 Å². The number of amides is 1. The summed E-state index contributed by atoms with van der Waals surface area (Å²) in [5.74, 6) is -0.169. The van der Waals surface area contributed by atoms with E-state index in [9.17, 15) is 9.59 Å². The van der Waals surface area contributed by atoms with Crippen LogP contribution in [-0.2, 0) is 4.79 Å². The van der Waals surface area contributed by atoms with Gasteiger partial charge in [0.25, 0.3) is 5.91 Å². The summed E-state index contributed by atoms with van der Waals surface area (Å²) in [7, 11) is 0. The summed E-state index contributed by atoms with van der Waals surface area (Å²) in [6, 6.07) is 5.08. The third kappa shape index (κ3) is 3.54. The second-order valence-electron chi connectivity index (χ2n) is 4.86. The number of nitrogens with zero attached hydrogens (tertiary/aromatic N) is 1. The second kappa shape index (κ2) is 4.93. The van der Waals surface area contributed by atoms with Crippen LogP contribution in [0.5, 0.6) is 0 Å². The molecule has 4 nitrogen and oxygen atoms in total. The first-order chi connectivity index (χ1) is 7.85. The normalized spacial score (nSPS) is 10.6. The van der Waals surface area contributed by atoms with E-state index in [4.69, 9.17) is 0 Å². The van der Waals surface area contributed by atoms with Gasteiger partial charge in [-0.1, -0.05) is 6.07 Å². The number of benzene rings is 1. The van der Waals surface area contributed by atoms with Crippen molar-refractivity contribution in [3.8, 4) is 0 Å². The first-order valence-corrected chi connectivity index (χ1v) is 5.35. The minimum atomic E-state index is -0.298. The molecule has 1 rings (SSSR count). The number of aliphatic imine (C=N–C) groups is 1. The van der Waals surface area contributed by atoms with E-state index in [0.717, 1.165) is 0 Å². The molecule has 0 saturated heterocycles. The topological polar surface area (TPSA) is 58.5 Å². The standard InChI is InChI=1S/C13H16N2O2/c1-9-10(12(17)15-13(2,3)4)6-5-7-11(9)14-8-16/h5-7H,1-4H3,(H,15,17). The Balaban J connectivity index is 3.11. The Bertz CT molecular complexity index is 481. The van der Waals surface area contributed by atoms with Crippen molar-refractivity contribution in [1.82, 2.24) is 5.32 Å². The lowest BCUT2D eigenvalue weighted by Gasteiger charge is -2.21. The summed E-state index contributed by atoms with van der Waals surface area (Å²) in [5.41, 5.74) is 1.38. The van der Waals surface area contributed by atoms with E-state index >= 15 is 0 Å². The Morgan fingerprint density at radius 2 is 2.00 bits per heavy atom. The van der Waals surface area contributed by atoms with Crippen molar-refractivity contribution in [1.29, 1.82) is 0 Å². The predicted octanol–water partition coefficient (Wildman–Crippen LogP) is 2.49. The van der Waals surface area contributed by atoms with Gasteiger partial charge in [-0.2, -0.15) is 4.99 Å². The Kier molecular flexibility index (Phi) is 3.81. The van der Waals surface area contributed by atoms with Gasteiger partial charge in [-0.3, -0.25) is 4.79 Å². The maximum atomic E-state index is 12.0. The van der Waals surface area contributed by atoms with Crippen LogP contribution in [0.4, 0.5) is 5.69 Å². The van der Waals surface area contributed by atoms with Crippen LogP contribution in [0.1, 0.15) is 36.7 Å². The molecule has 0 atom stereocenters. The Hall–Kier alpha value is -1.93. The van der Waals surface area contributed by atoms with Crippen molar-refractivity contribution >= 4 is 17.7 Å². The number of carbonyl (C=O) groups is 1. The molecule has 17 heavy (non-hydrogen) atoms.